The SMILES string of the molecule is CNc1nnc(SCC(=O)c2cc(C)n(-c3ccc4c(c3)OCO4)c2C)s1. The number of nitrogens with one attached hydrogen (secondary N) is 1. The lowest BCUT2D eigenvalue weighted by Crippen LogP contribution is -2.05. The molecule has 0 unspecified atom stereocenters. The van der Waals surface area contributed by atoms with Crippen molar-refractivity contribution in [1.29, 1.82) is 0 Å². The minimum atomic E-state index is 0.0706. The molecule has 0 fully saturated rings. The molecule has 0 saturated heterocycles. The first-order chi connectivity index (χ1) is 13.1. The highest BCUT2D eigenvalue weighted by Crippen LogP contribution is 2.35. The Balaban J connectivity index is 1.55. The minimum Gasteiger partial charge on any atom is -0.454 e. The van der Waals surface area contributed by atoms with Gasteiger partial charge in [-0.15, -0.1) is 10.2 Å². The molecule has 1 aliphatic heterocycles. The zero-order chi connectivity index (χ0) is 19.0. The van der Waals surface area contributed by atoms with Crippen molar-refractivity contribution in [3.05, 3.63) is 41.2 Å². The second-order valence-electron chi connectivity index (χ2n) is 5.99. The highest BCUT2D eigenvalue weighted by atomic mass is 32.2. The maximum absolute atomic E-state index is 12.8. The van der Waals surface area contributed by atoms with Gasteiger partial charge in [0.2, 0.25) is 11.9 Å². The average Bonchev–Trinajstić information content (AvgIpc) is 3.38. The van der Waals surface area contributed by atoms with Gasteiger partial charge in [0.1, 0.15) is 0 Å². The van der Waals surface area contributed by atoms with E-state index in [0.717, 1.165) is 43.6 Å². The summed E-state index contributed by atoms with van der Waals surface area (Å²) in [6.45, 7) is 4.19. The lowest BCUT2D eigenvalue weighted by Gasteiger charge is -2.10. The van der Waals surface area contributed by atoms with Gasteiger partial charge in [-0.2, -0.15) is 0 Å². The molecule has 0 radical (unpaired) electrons. The first kappa shape index (κ1) is 17.9. The largest absolute Gasteiger partial charge is 0.454 e. The number of thioether (sulfide) groups is 1. The minimum absolute atomic E-state index is 0.0706. The summed E-state index contributed by atoms with van der Waals surface area (Å²) >= 11 is 2.84. The van der Waals surface area contributed by atoms with Crippen LogP contribution in [0.5, 0.6) is 11.5 Å². The van der Waals surface area contributed by atoms with Gasteiger partial charge in [0, 0.05) is 35.8 Å². The van der Waals surface area contributed by atoms with Crippen LogP contribution in [0.2, 0.25) is 0 Å². The molecule has 27 heavy (non-hydrogen) atoms. The topological polar surface area (TPSA) is 78.3 Å². The van der Waals surface area contributed by atoms with E-state index in [1.807, 2.05) is 38.1 Å². The zero-order valence-electron chi connectivity index (χ0n) is 15.1. The number of Topliss-reactive ketones (excluding diaryl/α,β-unsaturated/α-hetero) is 1. The van der Waals surface area contributed by atoms with E-state index in [1.165, 1.54) is 23.1 Å². The summed E-state index contributed by atoms with van der Waals surface area (Å²) in [5.74, 6) is 1.86. The Morgan fingerprint density at radius 3 is 2.85 bits per heavy atom. The van der Waals surface area contributed by atoms with Crippen molar-refractivity contribution in [3.63, 3.8) is 0 Å². The van der Waals surface area contributed by atoms with E-state index in [1.54, 1.807) is 7.05 Å². The van der Waals surface area contributed by atoms with E-state index in [2.05, 4.69) is 20.1 Å². The third kappa shape index (κ3) is 3.40. The maximum atomic E-state index is 12.8. The number of anilines is 1. The number of hydrogen-bond acceptors (Lipinski definition) is 8. The van der Waals surface area contributed by atoms with Crippen molar-refractivity contribution in [1.82, 2.24) is 14.8 Å². The molecule has 0 bridgehead atoms. The number of nitrogens with zero attached hydrogens (tertiary/aromatic N) is 3. The van der Waals surface area contributed by atoms with Crippen molar-refractivity contribution in [2.45, 2.75) is 18.2 Å². The van der Waals surface area contributed by atoms with Gasteiger partial charge >= 0.3 is 0 Å². The standard InChI is InChI=1S/C18H18N4O3S2/c1-10-6-13(14(23)8-26-18-21-20-17(19-3)27-18)11(2)22(10)12-4-5-15-16(7-12)25-9-24-15/h4-7H,8-9H2,1-3H3,(H,19,20). The number of carbonyl (C=O) groups is 1. The van der Waals surface area contributed by atoms with Crippen LogP contribution in [0.3, 0.4) is 0 Å². The number of aromatic nitrogens is 3. The molecule has 0 aliphatic carbocycles. The Morgan fingerprint density at radius 1 is 1.26 bits per heavy atom. The molecule has 1 N–H and O–H groups in total. The quantitative estimate of drug-likeness (QED) is 0.498. The highest BCUT2D eigenvalue weighted by molar-refractivity contribution is 8.01. The predicted molar refractivity (Wildman–Crippen MR) is 106 cm³/mol. The number of ether oxygens (including phenoxy) is 2. The Labute approximate surface area is 164 Å². The molecule has 3 heterocycles. The summed E-state index contributed by atoms with van der Waals surface area (Å²) in [6.07, 6.45) is 0. The van der Waals surface area contributed by atoms with Gasteiger partial charge in [0.05, 0.1) is 5.75 Å². The molecule has 4 rings (SSSR count). The molecule has 140 valence electrons. The summed E-state index contributed by atoms with van der Waals surface area (Å²) in [5.41, 5.74) is 3.57. The van der Waals surface area contributed by atoms with E-state index in [9.17, 15) is 4.79 Å². The Hall–Kier alpha value is -2.52. The van der Waals surface area contributed by atoms with E-state index in [-0.39, 0.29) is 12.6 Å². The molecule has 0 saturated carbocycles. The molecule has 0 amide bonds. The second-order valence-corrected chi connectivity index (χ2v) is 8.19. The lowest BCUT2D eigenvalue weighted by atomic mass is 10.2. The zero-order valence-corrected chi connectivity index (χ0v) is 16.7. The van der Waals surface area contributed by atoms with Crippen LogP contribution in [0.1, 0.15) is 21.7 Å². The van der Waals surface area contributed by atoms with E-state index in [4.69, 9.17) is 9.47 Å². The Bertz CT molecular complexity index is 1010. The van der Waals surface area contributed by atoms with Gasteiger partial charge in [0.25, 0.3) is 0 Å². The lowest BCUT2D eigenvalue weighted by molar-refractivity contribution is 0.102. The second kappa shape index (κ2) is 7.24. The van der Waals surface area contributed by atoms with Crippen molar-refractivity contribution < 1.29 is 14.3 Å². The predicted octanol–water partition coefficient (Wildman–Crippen LogP) is 3.69. The number of ketones is 1. The van der Waals surface area contributed by atoms with Crippen LogP contribution in [0.4, 0.5) is 5.13 Å². The van der Waals surface area contributed by atoms with E-state index >= 15 is 0 Å². The average molecular weight is 403 g/mol. The molecule has 1 aromatic carbocycles. The van der Waals surface area contributed by atoms with E-state index < -0.39 is 0 Å². The van der Waals surface area contributed by atoms with Crippen LogP contribution in [-0.2, 0) is 0 Å². The number of rotatable bonds is 6. The fourth-order valence-corrected chi connectivity index (χ4v) is 4.63. The van der Waals surface area contributed by atoms with Crippen LogP contribution in [0.25, 0.3) is 5.69 Å². The highest BCUT2D eigenvalue weighted by Gasteiger charge is 2.20. The monoisotopic (exact) mass is 402 g/mol. The van der Waals surface area contributed by atoms with Crippen LogP contribution >= 0.6 is 23.1 Å². The number of carbonyl (C=O) groups excluding carboxylic acids is 1. The summed E-state index contributed by atoms with van der Waals surface area (Å²) in [6, 6.07) is 7.73. The van der Waals surface area contributed by atoms with Crippen molar-refractivity contribution in [2.75, 3.05) is 24.9 Å². The molecule has 0 atom stereocenters. The third-order valence-electron chi connectivity index (χ3n) is 4.29. The number of hydrogen-bond donors (Lipinski definition) is 1. The molecular weight excluding hydrogens is 384 g/mol. The number of aryl methyl sites for hydroxylation is 1. The van der Waals surface area contributed by atoms with Gasteiger partial charge in [-0.3, -0.25) is 4.79 Å². The summed E-state index contributed by atoms with van der Waals surface area (Å²) in [7, 11) is 1.80. The summed E-state index contributed by atoms with van der Waals surface area (Å²) in [4.78, 5) is 12.8. The molecular formula is C18H18N4O3S2. The van der Waals surface area contributed by atoms with Crippen molar-refractivity contribution in [3.8, 4) is 17.2 Å². The van der Waals surface area contributed by atoms with Crippen molar-refractivity contribution in [2.24, 2.45) is 0 Å². The molecule has 7 nitrogen and oxygen atoms in total. The fourth-order valence-electron chi connectivity index (χ4n) is 3.04. The number of fused-ring (bicyclic) bond motifs is 1. The van der Waals surface area contributed by atoms with Gasteiger partial charge < -0.3 is 19.4 Å². The van der Waals surface area contributed by atoms with Crippen LogP contribution in [0, 0.1) is 13.8 Å². The maximum Gasteiger partial charge on any atom is 0.231 e. The van der Waals surface area contributed by atoms with Crippen LogP contribution in [-0.4, -0.2) is 40.1 Å². The number of benzene rings is 1. The molecule has 1 aliphatic rings. The smallest absolute Gasteiger partial charge is 0.231 e. The fraction of sp³-hybridized carbons (Fsp3) is 0.278. The van der Waals surface area contributed by atoms with Gasteiger partial charge in [-0.1, -0.05) is 23.1 Å². The van der Waals surface area contributed by atoms with Crippen LogP contribution in [0.15, 0.2) is 28.6 Å². The van der Waals surface area contributed by atoms with Gasteiger partial charge in [-0.05, 0) is 32.0 Å². The van der Waals surface area contributed by atoms with Crippen LogP contribution < -0.4 is 14.8 Å². The first-order valence-corrected chi connectivity index (χ1v) is 10.1. The summed E-state index contributed by atoms with van der Waals surface area (Å²) < 4.78 is 13.7. The first-order valence-electron chi connectivity index (χ1n) is 8.33. The normalized spacial score (nSPS) is 12.4. The van der Waals surface area contributed by atoms with E-state index in [0.29, 0.717) is 5.75 Å². The summed E-state index contributed by atoms with van der Waals surface area (Å²) in [5, 5.41) is 11.7. The third-order valence-corrected chi connectivity index (χ3v) is 6.37. The molecule has 9 heteroatoms. The Kier molecular flexibility index (Phi) is 4.79. The van der Waals surface area contributed by atoms with Crippen molar-refractivity contribution >= 4 is 34.0 Å². The molecule has 2 aromatic heterocycles. The molecule has 0 spiro atoms. The Morgan fingerprint density at radius 2 is 2.07 bits per heavy atom. The molecule has 3 aromatic rings. The van der Waals surface area contributed by atoms with Gasteiger partial charge in [0.15, 0.2) is 21.6 Å². The van der Waals surface area contributed by atoms with Gasteiger partial charge in [-0.25, -0.2) is 0 Å².